The molecule has 130 valence electrons. The number of piperazine rings is 1. The highest BCUT2D eigenvalue weighted by Crippen LogP contribution is 2.13. The average Bonchev–Trinajstić information content (AvgIpc) is 3.07. The Balaban J connectivity index is 1.47. The first-order valence-corrected chi connectivity index (χ1v) is 9.79. The van der Waals surface area contributed by atoms with E-state index in [4.69, 9.17) is 4.52 Å². The second kappa shape index (κ2) is 7.46. The lowest BCUT2D eigenvalue weighted by Gasteiger charge is -2.33. The van der Waals surface area contributed by atoms with Crippen LogP contribution in [0.25, 0.3) is 0 Å². The standard InChI is InChI=1S/C17H23N3O3S/c1-15-2-4-16(5-3-15)6-8-19-9-11-20(12-10-19)24(21,22)14-17-7-13-23-18-17/h2-5,7,13H,6,8-12,14H2,1H3. The second-order valence-corrected chi connectivity index (χ2v) is 8.19. The molecule has 0 spiro atoms. The highest BCUT2D eigenvalue weighted by Gasteiger charge is 2.27. The van der Waals surface area contributed by atoms with E-state index in [0.717, 1.165) is 26.1 Å². The van der Waals surface area contributed by atoms with Gasteiger partial charge in [-0.1, -0.05) is 35.0 Å². The topological polar surface area (TPSA) is 66.7 Å². The summed E-state index contributed by atoms with van der Waals surface area (Å²) < 4.78 is 31.1. The summed E-state index contributed by atoms with van der Waals surface area (Å²) in [5, 5.41) is 3.69. The predicted molar refractivity (Wildman–Crippen MR) is 92.0 cm³/mol. The maximum Gasteiger partial charge on any atom is 0.220 e. The third kappa shape index (κ3) is 4.43. The first kappa shape index (κ1) is 17.1. The van der Waals surface area contributed by atoms with Gasteiger partial charge >= 0.3 is 0 Å². The van der Waals surface area contributed by atoms with Crippen LogP contribution < -0.4 is 0 Å². The van der Waals surface area contributed by atoms with Gasteiger partial charge in [-0.25, -0.2) is 8.42 Å². The largest absolute Gasteiger partial charge is 0.364 e. The molecular formula is C17H23N3O3S. The molecule has 1 aliphatic rings. The molecule has 0 saturated carbocycles. The number of sulfonamides is 1. The van der Waals surface area contributed by atoms with Crippen LogP contribution in [0.15, 0.2) is 41.1 Å². The summed E-state index contributed by atoms with van der Waals surface area (Å²) >= 11 is 0. The average molecular weight is 349 g/mol. The predicted octanol–water partition coefficient (Wildman–Crippen LogP) is 1.67. The van der Waals surface area contributed by atoms with Crippen LogP contribution in [0.4, 0.5) is 0 Å². The molecule has 6 nitrogen and oxygen atoms in total. The van der Waals surface area contributed by atoms with E-state index in [9.17, 15) is 8.42 Å². The third-order valence-electron chi connectivity index (χ3n) is 4.38. The van der Waals surface area contributed by atoms with Crippen molar-refractivity contribution in [1.82, 2.24) is 14.4 Å². The van der Waals surface area contributed by atoms with Crippen molar-refractivity contribution >= 4 is 10.0 Å². The van der Waals surface area contributed by atoms with Crippen molar-refractivity contribution < 1.29 is 12.9 Å². The third-order valence-corrected chi connectivity index (χ3v) is 6.20. The molecule has 24 heavy (non-hydrogen) atoms. The molecule has 0 unspecified atom stereocenters. The molecule has 0 radical (unpaired) electrons. The SMILES string of the molecule is Cc1ccc(CCN2CCN(S(=O)(=O)Cc3ccon3)CC2)cc1. The Labute approximate surface area is 143 Å². The lowest BCUT2D eigenvalue weighted by molar-refractivity contribution is 0.190. The Morgan fingerprint density at radius 2 is 1.79 bits per heavy atom. The minimum atomic E-state index is -3.32. The molecule has 0 atom stereocenters. The fraction of sp³-hybridized carbons (Fsp3) is 0.471. The van der Waals surface area contributed by atoms with Crippen LogP contribution in [0.5, 0.6) is 0 Å². The van der Waals surface area contributed by atoms with Crippen molar-refractivity contribution in [3.8, 4) is 0 Å². The summed E-state index contributed by atoms with van der Waals surface area (Å²) in [5.74, 6) is -0.0904. The van der Waals surface area contributed by atoms with E-state index in [1.807, 2.05) is 0 Å². The molecule has 2 heterocycles. The van der Waals surface area contributed by atoms with Gasteiger partial charge in [0.2, 0.25) is 10.0 Å². The second-order valence-electron chi connectivity index (χ2n) is 6.22. The maximum absolute atomic E-state index is 12.4. The molecule has 0 amide bonds. The zero-order chi connectivity index (χ0) is 17.0. The van der Waals surface area contributed by atoms with Crippen molar-refractivity contribution in [3.05, 3.63) is 53.4 Å². The molecule has 1 aromatic heterocycles. The molecule has 1 saturated heterocycles. The monoisotopic (exact) mass is 349 g/mol. The number of hydrogen-bond donors (Lipinski definition) is 0. The number of benzene rings is 1. The van der Waals surface area contributed by atoms with Gasteiger partial charge in [0.1, 0.15) is 12.0 Å². The van der Waals surface area contributed by atoms with Gasteiger partial charge in [0.05, 0.1) is 5.69 Å². The Kier molecular flexibility index (Phi) is 5.33. The fourth-order valence-electron chi connectivity index (χ4n) is 2.86. The molecule has 1 fully saturated rings. The van der Waals surface area contributed by atoms with Crippen LogP contribution in [0.3, 0.4) is 0 Å². The van der Waals surface area contributed by atoms with Crippen LogP contribution in [0, 0.1) is 6.92 Å². The molecule has 1 aliphatic heterocycles. The molecule has 7 heteroatoms. The summed E-state index contributed by atoms with van der Waals surface area (Å²) in [7, 11) is -3.32. The minimum Gasteiger partial charge on any atom is -0.364 e. The zero-order valence-corrected chi connectivity index (χ0v) is 14.7. The van der Waals surface area contributed by atoms with Crippen LogP contribution in [0.2, 0.25) is 0 Å². The van der Waals surface area contributed by atoms with Crippen LogP contribution >= 0.6 is 0 Å². The Hall–Kier alpha value is -1.70. The van der Waals surface area contributed by atoms with Gasteiger partial charge in [0, 0.05) is 38.8 Å². The van der Waals surface area contributed by atoms with E-state index in [-0.39, 0.29) is 5.75 Å². The van der Waals surface area contributed by atoms with Gasteiger partial charge in [-0.2, -0.15) is 4.31 Å². The van der Waals surface area contributed by atoms with Gasteiger partial charge in [-0.3, -0.25) is 0 Å². The van der Waals surface area contributed by atoms with Crippen LogP contribution in [-0.2, 0) is 22.2 Å². The van der Waals surface area contributed by atoms with Gasteiger partial charge in [0.15, 0.2) is 0 Å². The first-order chi connectivity index (χ1) is 11.5. The molecule has 3 rings (SSSR count). The Morgan fingerprint density at radius 3 is 2.42 bits per heavy atom. The summed E-state index contributed by atoms with van der Waals surface area (Å²) in [6.07, 6.45) is 2.39. The smallest absolute Gasteiger partial charge is 0.220 e. The number of nitrogens with zero attached hydrogens (tertiary/aromatic N) is 3. The normalized spacial score (nSPS) is 17.2. The molecule has 0 aliphatic carbocycles. The van der Waals surface area contributed by atoms with E-state index < -0.39 is 10.0 Å². The number of rotatable bonds is 6. The van der Waals surface area contributed by atoms with Crippen molar-refractivity contribution in [3.63, 3.8) is 0 Å². The highest BCUT2D eigenvalue weighted by atomic mass is 32.2. The first-order valence-electron chi connectivity index (χ1n) is 8.18. The number of aryl methyl sites for hydroxylation is 1. The van der Waals surface area contributed by atoms with Crippen molar-refractivity contribution in [2.45, 2.75) is 19.1 Å². The van der Waals surface area contributed by atoms with Gasteiger partial charge in [-0.05, 0) is 18.9 Å². The lowest BCUT2D eigenvalue weighted by atomic mass is 10.1. The fourth-order valence-corrected chi connectivity index (χ4v) is 4.29. The van der Waals surface area contributed by atoms with E-state index in [2.05, 4.69) is 41.2 Å². The molecule has 1 aromatic carbocycles. The summed E-state index contributed by atoms with van der Waals surface area (Å²) in [5.41, 5.74) is 3.04. The van der Waals surface area contributed by atoms with Crippen molar-refractivity contribution in [1.29, 1.82) is 0 Å². The van der Waals surface area contributed by atoms with E-state index in [1.165, 1.54) is 17.4 Å². The molecular weight excluding hydrogens is 326 g/mol. The molecule has 0 bridgehead atoms. The van der Waals surface area contributed by atoms with Crippen LogP contribution in [-0.4, -0.2) is 55.5 Å². The summed E-state index contributed by atoms with van der Waals surface area (Å²) in [6, 6.07) is 10.2. The van der Waals surface area contributed by atoms with Gasteiger partial charge in [0.25, 0.3) is 0 Å². The van der Waals surface area contributed by atoms with E-state index >= 15 is 0 Å². The minimum absolute atomic E-state index is 0.0904. The number of hydrogen-bond acceptors (Lipinski definition) is 5. The van der Waals surface area contributed by atoms with Gasteiger partial charge in [-0.15, -0.1) is 0 Å². The van der Waals surface area contributed by atoms with Crippen molar-refractivity contribution in [2.75, 3.05) is 32.7 Å². The Morgan fingerprint density at radius 1 is 1.08 bits per heavy atom. The highest BCUT2D eigenvalue weighted by molar-refractivity contribution is 7.88. The van der Waals surface area contributed by atoms with Crippen molar-refractivity contribution in [2.24, 2.45) is 0 Å². The lowest BCUT2D eigenvalue weighted by Crippen LogP contribution is -2.49. The molecule has 0 N–H and O–H groups in total. The maximum atomic E-state index is 12.4. The summed E-state index contributed by atoms with van der Waals surface area (Å²) in [6.45, 7) is 5.65. The van der Waals surface area contributed by atoms with Gasteiger partial charge < -0.3 is 9.42 Å². The summed E-state index contributed by atoms with van der Waals surface area (Å²) in [4.78, 5) is 2.32. The zero-order valence-electron chi connectivity index (χ0n) is 13.9. The van der Waals surface area contributed by atoms with Crippen LogP contribution in [0.1, 0.15) is 16.8 Å². The number of aromatic nitrogens is 1. The quantitative estimate of drug-likeness (QED) is 0.794. The molecule has 2 aromatic rings. The van der Waals surface area contributed by atoms with E-state index in [1.54, 1.807) is 10.4 Å². The Bertz CT molecular complexity index is 734. The van der Waals surface area contributed by atoms with E-state index in [0.29, 0.717) is 18.8 Å².